The lowest BCUT2D eigenvalue weighted by molar-refractivity contribution is -0.148. The Kier molecular flexibility index (Phi) is 6.39. The molecule has 1 aliphatic rings. The molecule has 7 heteroatoms. The molecule has 1 aromatic heterocycles. The van der Waals surface area contributed by atoms with Crippen LogP contribution in [-0.2, 0) is 20.1 Å². The van der Waals surface area contributed by atoms with Crippen molar-refractivity contribution in [1.82, 2.24) is 4.90 Å². The minimum Gasteiger partial charge on any atom is -0.469 e. The van der Waals surface area contributed by atoms with E-state index < -0.39 is 0 Å². The summed E-state index contributed by atoms with van der Waals surface area (Å²) in [6.07, 6.45) is 1.66. The average molecular weight is 348 g/mol. The number of thiophene rings is 1. The van der Waals surface area contributed by atoms with E-state index in [0.29, 0.717) is 12.3 Å². The second-order valence-electron chi connectivity index (χ2n) is 4.90. The van der Waals surface area contributed by atoms with Crippen molar-refractivity contribution in [2.45, 2.75) is 18.6 Å². The van der Waals surface area contributed by atoms with Crippen LogP contribution in [0.15, 0.2) is 12.1 Å². The Bertz CT molecular complexity index is 506. The van der Waals surface area contributed by atoms with Crippen LogP contribution in [0.5, 0.6) is 0 Å². The van der Waals surface area contributed by atoms with Crippen molar-refractivity contribution in [1.29, 1.82) is 0 Å². The number of amides is 1. The molecule has 2 heterocycles. The summed E-state index contributed by atoms with van der Waals surface area (Å²) in [4.78, 5) is 26.7. The maximum absolute atomic E-state index is 12.2. The van der Waals surface area contributed by atoms with Crippen LogP contribution in [-0.4, -0.2) is 42.7 Å². The van der Waals surface area contributed by atoms with Crippen LogP contribution in [0.3, 0.4) is 0 Å². The first-order chi connectivity index (χ1) is 10.1. The smallest absolute Gasteiger partial charge is 0.310 e. The van der Waals surface area contributed by atoms with Crippen molar-refractivity contribution >= 4 is 46.6 Å². The van der Waals surface area contributed by atoms with Gasteiger partial charge in [0.2, 0.25) is 5.91 Å². The molecule has 0 radical (unpaired) electrons. The Morgan fingerprint density at radius 1 is 1.52 bits per heavy atom. The number of nitrogens with zero attached hydrogens (tertiary/aromatic N) is 1. The fourth-order valence-corrected chi connectivity index (χ4v) is 4.45. The molecule has 0 aromatic carbocycles. The number of carbonyl (C=O) groups excluding carboxylic acids is 2. The van der Waals surface area contributed by atoms with E-state index in [2.05, 4.69) is 0 Å². The van der Waals surface area contributed by atoms with Gasteiger partial charge in [-0.1, -0.05) is 11.6 Å². The predicted molar refractivity (Wildman–Crippen MR) is 86.8 cm³/mol. The van der Waals surface area contributed by atoms with E-state index >= 15 is 0 Å². The summed E-state index contributed by atoms with van der Waals surface area (Å²) in [6, 6.07) is 3.86. The summed E-state index contributed by atoms with van der Waals surface area (Å²) in [7, 11) is 1.39. The zero-order valence-electron chi connectivity index (χ0n) is 11.8. The molecule has 2 rings (SSSR count). The number of hydrogen-bond acceptors (Lipinski definition) is 5. The molecule has 21 heavy (non-hydrogen) atoms. The van der Waals surface area contributed by atoms with Gasteiger partial charge < -0.3 is 9.64 Å². The van der Waals surface area contributed by atoms with Crippen molar-refractivity contribution in [3.05, 3.63) is 21.3 Å². The monoisotopic (exact) mass is 347 g/mol. The summed E-state index contributed by atoms with van der Waals surface area (Å²) in [5.74, 6) is 0.930. The van der Waals surface area contributed by atoms with E-state index in [1.54, 1.807) is 28.0 Å². The molecule has 0 spiro atoms. The number of likely N-dealkylation sites (tertiary alicyclic amines) is 1. The van der Waals surface area contributed by atoms with E-state index in [1.165, 1.54) is 12.0 Å². The molecule has 1 amide bonds. The minimum absolute atomic E-state index is 0.0938. The molecule has 0 saturated carbocycles. The highest BCUT2D eigenvalue weighted by molar-refractivity contribution is 7.99. The molecule has 4 nitrogen and oxygen atoms in total. The largest absolute Gasteiger partial charge is 0.469 e. The van der Waals surface area contributed by atoms with E-state index in [0.717, 1.165) is 29.5 Å². The highest BCUT2D eigenvalue weighted by atomic mass is 35.5. The highest BCUT2D eigenvalue weighted by Crippen LogP contribution is 2.25. The number of thioether (sulfide) groups is 1. The third kappa shape index (κ3) is 4.90. The van der Waals surface area contributed by atoms with Crippen LogP contribution in [0.2, 0.25) is 4.34 Å². The highest BCUT2D eigenvalue weighted by Gasteiger charge is 2.28. The number of esters is 1. The van der Waals surface area contributed by atoms with Gasteiger partial charge in [0, 0.05) is 23.7 Å². The van der Waals surface area contributed by atoms with Crippen molar-refractivity contribution < 1.29 is 14.3 Å². The molecule has 1 aliphatic heterocycles. The fraction of sp³-hybridized carbons (Fsp3) is 0.571. The topological polar surface area (TPSA) is 46.6 Å². The summed E-state index contributed by atoms with van der Waals surface area (Å²) >= 11 is 9.00. The molecule has 1 aromatic rings. The van der Waals surface area contributed by atoms with Gasteiger partial charge in [0.15, 0.2) is 0 Å². The lowest BCUT2D eigenvalue weighted by Crippen LogP contribution is -2.43. The summed E-state index contributed by atoms with van der Waals surface area (Å²) in [6.45, 7) is 1.22. The quantitative estimate of drug-likeness (QED) is 0.768. The van der Waals surface area contributed by atoms with Crippen LogP contribution in [0, 0.1) is 5.92 Å². The third-order valence-corrected chi connectivity index (χ3v) is 5.79. The standard InChI is InChI=1S/C14H18ClNO3S2/c1-19-14(18)10-3-2-6-16(7-10)13(17)9-20-8-11-4-5-12(15)21-11/h4-5,10H,2-3,6-9H2,1H3/t10-/m0/s1. The molecular formula is C14H18ClNO3S2. The van der Waals surface area contributed by atoms with Crippen LogP contribution in [0.1, 0.15) is 17.7 Å². The molecule has 0 aliphatic carbocycles. The van der Waals surface area contributed by atoms with Crippen LogP contribution in [0.4, 0.5) is 0 Å². The first-order valence-corrected chi connectivity index (χ1v) is 9.12. The number of ether oxygens (including phenoxy) is 1. The number of hydrogen-bond donors (Lipinski definition) is 0. The first kappa shape index (κ1) is 16.6. The normalized spacial score (nSPS) is 18.6. The molecule has 1 atom stereocenters. The first-order valence-electron chi connectivity index (χ1n) is 6.77. The second-order valence-corrected chi connectivity index (χ2v) is 7.69. The summed E-state index contributed by atoms with van der Waals surface area (Å²) in [5, 5.41) is 0. The summed E-state index contributed by atoms with van der Waals surface area (Å²) in [5.41, 5.74) is 0. The Morgan fingerprint density at radius 3 is 3.00 bits per heavy atom. The van der Waals surface area contributed by atoms with Crippen molar-refractivity contribution in [2.75, 3.05) is 26.0 Å². The van der Waals surface area contributed by atoms with Gasteiger partial charge >= 0.3 is 5.97 Å². The van der Waals surface area contributed by atoms with Gasteiger partial charge in [-0.3, -0.25) is 9.59 Å². The Balaban J connectivity index is 1.76. The molecule has 0 unspecified atom stereocenters. The van der Waals surface area contributed by atoms with Crippen LogP contribution < -0.4 is 0 Å². The van der Waals surface area contributed by atoms with Gasteiger partial charge in [0.25, 0.3) is 0 Å². The molecule has 0 bridgehead atoms. The Labute approximate surface area is 137 Å². The maximum Gasteiger partial charge on any atom is 0.310 e. The molecular weight excluding hydrogens is 330 g/mol. The predicted octanol–water partition coefficient (Wildman–Crippen LogP) is 3.05. The van der Waals surface area contributed by atoms with Gasteiger partial charge in [-0.05, 0) is 25.0 Å². The Hall–Kier alpha value is -0.720. The zero-order valence-corrected chi connectivity index (χ0v) is 14.2. The third-order valence-electron chi connectivity index (χ3n) is 3.41. The number of piperidine rings is 1. The molecule has 0 N–H and O–H groups in total. The van der Waals surface area contributed by atoms with E-state index in [4.69, 9.17) is 16.3 Å². The molecule has 1 fully saturated rings. The van der Waals surface area contributed by atoms with Gasteiger partial charge in [-0.25, -0.2) is 0 Å². The van der Waals surface area contributed by atoms with Gasteiger partial charge in [0.1, 0.15) is 0 Å². The number of carbonyl (C=O) groups is 2. The van der Waals surface area contributed by atoms with Crippen molar-refractivity contribution in [2.24, 2.45) is 5.92 Å². The molecule has 116 valence electrons. The van der Waals surface area contributed by atoms with Crippen LogP contribution >= 0.6 is 34.7 Å². The second kappa shape index (κ2) is 8.06. The average Bonchev–Trinajstić information content (AvgIpc) is 2.92. The van der Waals surface area contributed by atoms with Gasteiger partial charge in [-0.2, -0.15) is 0 Å². The number of halogens is 1. The number of rotatable bonds is 5. The van der Waals surface area contributed by atoms with Gasteiger partial charge in [0.05, 0.1) is 23.1 Å². The van der Waals surface area contributed by atoms with E-state index in [1.807, 2.05) is 12.1 Å². The van der Waals surface area contributed by atoms with E-state index in [-0.39, 0.29) is 17.8 Å². The van der Waals surface area contributed by atoms with Gasteiger partial charge in [-0.15, -0.1) is 23.1 Å². The minimum atomic E-state index is -0.214. The Morgan fingerprint density at radius 2 is 2.33 bits per heavy atom. The molecule has 1 saturated heterocycles. The summed E-state index contributed by atoms with van der Waals surface area (Å²) < 4.78 is 5.54. The lowest BCUT2D eigenvalue weighted by atomic mass is 9.98. The van der Waals surface area contributed by atoms with Crippen molar-refractivity contribution in [3.8, 4) is 0 Å². The zero-order chi connectivity index (χ0) is 15.2. The van der Waals surface area contributed by atoms with Crippen molar-refractivity contribution in [3.63, 3.8) is 0 Å². The fourth-order valence-electron chi connectivity index (χ4n) is 2.32. The number of methoxy groups -OCH3 is 1. The van der Waals surface area contributed by atoms with E-state index in [9.17, 15) is 9.59 Å². The van der Waals surface area contributed by atoms with Crippen LogP contribution in [0.25, 0.3) is 0 Å². The SMILES string of the molecule is COC(=O)[C@H]1CCCN(C(=O)CSCc2ccc(Cl)s2)C1. The lowest BCUT2D eigenvalue weighted by Gasteiger charge is -2.31. The maximum atomic E-state index is 12.2.